The maximum absolute atomic E-state index is 12.6. The molecular weight excluding hydrogens is 404 g/mol. The van der Waals surface area contributed by atoms with Crippen LogP contribution in [0.15, 0.2) is 46.7 Å². The van der Waals surface area contributed by atoms with Crippen LogP contribution in [0.1, 0.15) is 20.8 Å². The van der Waals surface area contributed by atoms with Crippen molar-refractivity contribution in [3.63, 3.8) is 0 Å². The molecule has 0 amide bonds. The Kier molecular flexibility index (Phi) is 8.08. The molecule has 0 aliphatic heterocycles. The molecule has 0 fully saturated rings. The summed E-state index contributed by atoms with van der Waals surface area (Å²) < 4.78 is 31.5. The third-order valence-electron chi connectivity index (χ3n) is 4.66. The lowest BCUT2D eigenvalue weighted by atomic mass is 10.2. The molecule has 1 N–H and O–H groups in total. The topological polar surface area (TPSA) is 63.6 Å². The Morgan fingerprint density at radius 2 is 1.61 bits per heavy atom. The van der Waals surface area contributed by atoms with E-state index in [-0.39, 0.29) is 9.93 Å². The van der Waals surface area contributed by atoms with E-state index < -0.39 is 38.4 Å². The van der Waals surface area contributed by atoms with Crippen molar-refractivity contribution in [1.29, 1.82) is 0 Å². The van der Waals surface area contributed by atoms with Crippen LogP contribution in [0.25, 0.3) is 0 Å². The van der Waals surface area contributed by atoms with Gasteiger partial charge in [-0.25, -0.2) is 8.42 Å². The first-order chi connectivity index (χ1) is 12.6. The van der Waals surface area contributed by atoms with Crippen molar-refractivity contribution in [1.82, 2.24) is 0 Å². The Morgan fingerprint density at radius 3 is 2.07 bits per heavy atom. The number of aliphatic hydroxyl groups excluding tert-OH is 1. The number of hydrogen-bond acceptors (Lipinski definition) is 4. The van der Waals surface area contributed by atoms with Crippen molar-refractivity contribution >= 4 is 26.2 Å². The minimum atomic E-state index is -3.62. The maximum Gasteiger partial charge on any atom is 0.199 e. The van der Waals surface area contributed by atoms with Crippen LogP contribution >= 0.6 is 0 Å². The van der Waals surface area contributed by atoms with Gasteiger partial charge < -0.3 is 9.53 Å². The highest BCUT2D eigenvalue weighted by molar-refractivity contribution is 7.94. The van der Waals surface area contributed by atoms with Crippen molar-refractivity contribution < 1.29 is 18.0 Å². The largest absolute Gasteiger partial charge is 0.407 e. The van der Waals surface area contributed by atoms with E-state index in [1.54, 1.807) is 30.3 Å². The van der Waals surface area contributed by atoms with Gasteiger partial charge in [0.2, 0.25) is 0 Å². The molecule has 4 nitrogen and oxygen atoms in total. The van der Waals surface area contributed by atoms with E-state index in [0.29, 0.717) is 0 Å². The summed E-state index contributed by atoms with van der Waals surface area (Å²) >= 11 is 0. The fourth-order valence-electron chi connectivity index (χ4n) is 1.97. The Bertz CT molecular complexity index is 836. The Labute approximate surface area is 173 Å². The lowest BCUT2D eigenvalue weighted by Crippen LogP contribution is -2.46. The van der Waals surface area contributed by atoms with Crippen molar-refractivity contribution in [3.05, 3.63) is 41.8 Å². The van der Waals surface area contributed by atoms with Crippen molar-refractivity contribution in [2.45, 2.75) is 75.6 Å². The molecule has 0 aliphatic carbocycles. The highest BCUT2D eigenvalue weighted by atomic mass is 32.2. The molecule has 0 heterocycles. The lowest BCUT2D eigenvalue weighted by Gasteiger charge is -2.39. The first kappa shape index (κ1) is 24.9. The zero-order valence-electron chi connectivity index (χ0n) is 18.3. The van der Waals surface area contributed by atoms with E-state index in [1.807, 2.05) is 0 Å². The Morgan fingerprint density at radius 1 is 1.07 bits per heavy atom. The van der Waals surface area contributed by atoms with Crippen LogP contribution < -0.4 is 0 Å². The second kappa shape index (κ2) is 9.10. The third-order valence-corrected chi connectivity index (χ3v) is 11.5. The van der Waals surface area contributed by atoms with Gasteiger partial charge in [0.25, 0.3) is 0 Å². The molecule has 1 aromatic carbocycles. The summed E-state index contributed by atoms with van der Waals surface area (Å²) in [4.78, 5) is 0.208. The van der Waals surface area contributed by atoms with Crippen molar-refractivity contribution in [2.24, 2.45) is 0 Å². The molecule has 28 heavy (non-hydrogen) atoms. The van der Waals surface area contributed by atoms with Crippen LogP contribution in [0.3, 0.4) is 0 Å². The van der Waals surface area contributed by atoms with E-state index >= 15 is 0 Å². The average Bonchev–Trinajstić information content (AvgIpc) is 2.55. The van der Waals surface area contributed by atoms with E-state index in [9.17, 15) is 13.5 Å². The Balaban J connectivity index is 3.25. The summed E-state index contributed by atoms with van der Waals surface area (Å²) in [5.74, 6) is 2.89. The number of sulfone groups is 1. The second-order valence-electron chi connectivity index (χ2n) is 9.49. The van der Waals surface area contributed by atoms with Crippen LogP contribution in [-0.4, -0.2) is 42.1 Å². The molecule has 2 atom stereocenters. The molecule has 1 aromatic rings. The highest BCUT2D eigenvalue weighted by Crippen LogP contribution is 2.37. The highest BCUT2D eigenvalue weighted by Gasteiger charge is 2.40. The van der Waals surface area contributed by atoms with Gasteiger partial charge in [0.1, 0.15) is 20.3 Å². The SMILES string of the molecule is CC(C)(C)[Si](C)(C)O[C@@H](/C=C/S(=O)(=O)c1ccccc1)[C@@H](O)C#C[Si](C)(C)C. The molecule has 0 aliphatic rings. The molecule has 0 aromatic heterocycles. The second-order valence-corrected chi connectivity index (χ2v) is 20.8. The average molecular weight is 439 g/mol. The first-order valence-electron chi connectivity index (χ1n) is 9.42. The molecule has 0 saturated carbocycles. The first-order valence-corrected chi connectivity index (χ1v) is 17.4. The molecular formula is C21H34O4SSi2. The summed E-state index contributed by atoms with van der Waals surface area (Å²) in [6.45, 7) is 16.7. The van der Waals surface area contributed by atoms with Crippen molar-refractivity contribution in [3.8, 4) is 11.5 Å². The fourth-order valence-corrected chi connectivity index (χ4v) is 4.85. The lowest BCUT2D eigenvalue weighted by molar-refractivity contribution is 0.0937. The van der Waals surface area contributed by atoms with Gasteiger partial charge >= 0.3 is 0 Å². The number of rotatable bonds is 6. The minimum absolute atomic E-state index is 0.0800. The van der Waals surface area contributed by atoms with Crippen LogP contribution in [-0.2, 0) is 14.3 Å². The minimum Gasteiger partial charge on any atom is -0.407 e. The fraction of sp³-hybridized carbons (Fsp3) is 0.524. The standard InChI is InChI=1S/C21H34O4SSi2/c1-21(2,3)28(7,8)25-20(19(22)15-17-27(4,5)6)14-16-26(23,24)18-12-10-9-11-13-18/h9-14,16,19-20,22H,1-8H3/b16-14+/t19-,20-/m0/s1. The van der Waals surface area contributed by atoms with Gasteiger partial charge in [0, 0.05) is 5.41 Å². The van der Waals surface area contributed by atoms with Crippen molar-refractivity contribution in [2.75, 3.05) is 0 Å². The van der Waals surface area contributed by atoms with Crippen LogP contribution in [0.2, 0.25) is 37.8 Å². The number of aliphatic hydroxyl groups is 1. The molecule has 0 bridgehead atoms. The van der Waals surface area contributed by atoms with E-state index in [0.717, 1.165) is 5.41 Å². The van der Waals surface area contributed by atoms with E-state index in [4.69, 9.17) is 4.43 Å². The molecule has 0 saturated heterocycles. The Hall–Kier alpha value is -1.18. The molecule has 0 radical (unpaired) electrons. The van der Waals surface area contributed by atoms with Gasteiger partial charge in [-0.3, -0.25) is 0 Å². The summed E-state index contributed by atoms with van der Waals surface area (Å²) in [7, 11) is -7.54. The zero-order valence-corrected chi connectivity index (χ0v) is 21.1. The smallest absolute Gasteiger partial charge is 0.199 e. The van der Waals surface area contributed by atoms with Crippen LogP contribution in [0.4, 0.5) is 0 Å². The monoisotopic (exact) mass is 438 g/mol. The molecule has 0 unspecified atom stereocenters. The molecule has 1 rings (SSSR count). The maximum atomic E-state index is 12.6. The van der Waals surface area contributed by atoms with Gasteiger partial charge in [0.05, 0.1) is 4.90 Å². The molecule has 7 heteroatoms. The van der Waals surface area contributed by atoms with Gasteiger partial charge in [0.15, 0.2) is 18.2 Å². The number of hydrogen-bond donors (Lipinski definition) is 1. The van der Waals surface area contributed by atoms with Gasteiger partial charge in [-0.1, -0.05) is 64.5 Å². The predicted octanol–water partition coefficient (Wildman–Crippen LogP) is 4.61. The van der Waals surface area contributed by atoms with E-state index in [1.165, 1.54) is 6.08 Å². The predicted molar refractivity (Wildman–Crippen MR) is 122 cm³/mol. The summed E-state index contributed by atoms with van der Waals surface area (Å²) in [5.41, 5.74) is 3.15. The molecule has 156 valence electrons. The summed E-state index contributed by atoms with van der Waals surface area (Å²) in [6.07, 6.45) is -0.446. The third kappa shape index (κ3) is 7.68. The summed E-state index contributed by atoms with van der Waals surface area (Å²) in [5, 5.41) is 11.7. The normalized spacial score (nSPS) is 15.8. The molecule has 0 spiro atoms. The van der Waals surface area contributed by atoms with Gasteiger partial charge in [-0.2, -0.15) is 0 Å². The van der Waals surface area contributed by atoms with Crippen LogP contribution in [0.5, 0.6) is 0 Å². The number of benzene rings is 1. The van der Waals surface area contributed by atoms with E-state index in [2.05, 4.69) is 65.0 Å². The van der Waals surface area contributed by atoms with Crippen LogP contribution in [0, 0.1) is 11.5 Å². The van der Waals surface area contributed by atoms with Gasteiger partial charge in [-0.05, 0) is 36.3 Å². The van der Waals surface area contributed by atoms with Gasteiger partial charge in [-0.15, -0.1) is 5.54 Å². The quantitative estimate of drug-likeness (QED) is 0.520. The summed E-state index contributed by atoms with van der Waals surface area (Å²) in [6, 6.07) is 8.22. The zero-order chi connectivity index (χ0) is 21.8.